The molecule has 0 unspecified atom stereocenters. The number of piperidine rings is 1. The molecule has 1 heterocycles. The third-order valence-electron chi connectivity index (χ3n) is 4.75. The number of nitrogens with one attached hydrogen (secondary N) is 1. The van der Waals surface area contributed by atoms with Crippen molar-refractivity contribution in [1.29, 1.82) is 0 Å². The van der Waals surface area contributed by atoms with Crippen LogP contribution in [0.3, 0.4) is 0 Å². The first-order valence-corrected chi connectivity index (χ1v) is 7.26. The Labute approximate surface area is 110 Å². The molecule has 0 aromatic heterocycles. The molecule has 0 aromatic carbocycles. The lowest BCUT2D eigenvalue weighted by Crippen LogP contribution is -2.45. The fourth-order valence-electron chi connectivity index (χ4n) is 2.76. The van der Waals surface area contributed by atoms with E-state index >= 15 is 0 Å². The van der Waals surface area contributed by atoms with Gasteiger partial charge in [0.2, 0.25) is 5.91 Å². The van der Waals surface area contributed by atoms with Gasteiger partial charge < -0.3 is 11.1 Å². The van der Waals surface area contributed by atoms with Crippen LogP contribution < -0.4 is 11.1 Å². The van der Waals surface area contributed by atoms with Gasteiger partial charge in [-0.2, -0.15) is 0 Å². The minimum Gasteiger partial charge on any atom is -0.354 e. The van der Waals surface area contributed by atoms with Crippen LogP contribution in [0.15, 0.2) is 0 Å². The standard InChI is InChI=1S/C14H27N3O/c1-11(2)14(5-6-14)10-16-13(18)9-17-7-3-12(15)4-8-17/h11-12H,3-10,15H2,1-2H3,(H,16,18). The first-order valence-electron chi connectivity index (χ1n) is 7.26. The molecule has 0 aromatic rings. The zero-order valence-electron chi connectivity index (χ0n) is 11.7. The van der Waals surface area contributed by atoms with Crippen molar-refractivity contribution in [3.63, 3.8) is 0 Å². The molecule has 0 bridgehead atoms. The summed E-state index contributed by atoms with van der Waals surface area (Å²) < 4.78 is 0. The van der Waals surface area contributed by atoms with Crippen molar-refractivity contribution in [3.8, 4) is 0 Å². The highest BCUT2D eigenvalue weighted by atomic mass is 16.2. The molecule has 1 aliphatic heterocycles. The number of nitrogens with zero attached hydrogens (tertiary/aromatic N) is 1. The van der Waals surface area contributed by atoms with Crippen LogP contribution in [-0.2, 0) is 4.79 Å². The van der Waals surface area contributed by atoms with Crippen LogP contribution >= 0.6 is 0 Å². The van der Waals surface area contributed by atoms with Gasteiger partial charge >= 0.3 is 0 Å². The Morgan fingerprint density at radius 2 is 2.00 bits per heavy atom. The predicted molar refractivity (Wildman–Crippen MR) is 73.2 cm³/mol. The van der Waals surface area contributed by atoms with Crippen LogP contribution in [0.1, 0.15) is 39.5 Å². The van der Waals surface area contributed by atoms with E-state index in [4.69, 9.17) is 5.73 Å². The van der Waals surface area contributed by atoms with Gasteiger partial charge in [-0.15, -0.1) is 0 Å². The van der Waals surface area contributed by atoms with E-state index in [1.165, 1.54) is 12.8 Å². The second-order valence-electron chi connectivity index (χ2n) is 6.41. The van der Waals surface area contributed by atoms with Crippen LogP contribution in [0.4, 0.5) is 0 Å². The number of carbonyl (C=O) groups excluding carboxylic acids is 1. The van der Waals surface area contributed by atoms with Gasteiger partial charge in [0.15, 0.2) is 0 Å². The number of hydrogen-bond acceptors (Lipinski definition) is 3. The van der Waals surface area contributed by atoms with Gasteiger partial charge in [0.05, 0.1) is 6.54 Å². The average molecular weight is 253 g/mol. The molecule has 0 spiro atoms. The van der Waals surface area contributed by atoms with Crippen LogP contribution in [0, 0.1) is 11.3 Å². The molecule has 0 atom stereocenters. The molecule has 1 saturated carbocycles. The van der Waals surface area contributed by atoms with Crippen molar-refractivity contribution in [2.75, 3.05) is 26.2 Å². The molecule has 3 N–H and O–H groups in total. The fourth-order valence-corrected chi connectivity index (χ4v) is 2.76. The molecule has 0 radical (unpaired) electrons. The molecule has 104 valence electrons. The van der Waals surface area contributed by atoms with Crippen molar-refractivity contribution >= 4 is 5.91 Å². The van der Waals surface area contributed by atoms with Crippen LogP contribution in [0.2, 0.25) is 0 Å². The largest absolute Gasteiger partial charge is 0.354 e. The van der Waals surface area contributed by atoms with E-state index in [0.717, 1.165) is 32.5 Å². The highest BCUT2D eigenvalue weighted by Gasteiger charge is 2.45. The van der Waals surface area contributed by atoms with E-state index < -0.39 is 0 Å². The topological polar surface area (TPSA) is 58.4 Å². The Balaban J connectivity index is 1.66. The van der Waals surface area contributed by atoms with Gasteiger partial charge in [0.1, 0.15) is 0 Å². The Morgan fingerprint density at radius 1 is 1.39 bits per heavy atom. The van der Waals surface area contributed by atoms with E-state index in [9.17, 15) is 4.79 Å². The van der Waals surface area contributed by atoms with E-state index in [1.54, 1.807) is 0 Å². The lowest BCUT2D eigenvalue weighted by molar-refractivity contribution is -0.122. The maximum Gasteiger partial charge on any atom is 0.234 e. The molecule has 18 heavy (non-hydrogen) atoms. The highest BCUT2D eigenvalue weighted by Crippen LogP contribution is 2.51. The zero-order chi connectivity index (χ0) is 13.2. The number of carbonyl (C=O) groups is 1. The summed E-state index contributed by atoms with van der Waals surface area (Å²) in [6.45, 7) is 7.84. The maximum absolute atomic E-state index is 11.9. The second-order valence-corrected chi connectivity index (χ2v) is 6.41. The van der Waals surface area contributed by atoms with E-state index in [2.05, 4.69) is 24.1 Å². The zero-order valence-corrected chi connectivity index (χ0v) is 11.7. The first kappa shape index (κ1) is 13.8. The molecule has 4 heteroatoms. The minimum absolute atomic E-state index is 0.178. The maximum atomic E-state index is 11.9. The van der Waals surface area contributed by atoms with E-state index in [1.807, 2.05) is 0 Å². The SMILES string of the molecule is CC(C)C1(CNC(=O)CN2CCC(N)CC2)CC1. The lowest BCUT2D eigenvalue weighted by Gasteiger charge is -2.29. The smallest absolute Gasteiger partial charge is 0.234 e. The second kappa shape index (κ2) is 5.57. The Bertz CT molecular complexity index is 291. The van der Waals surface area contributed by atoms with Crippen molar-refractivity contribution in [1.82, 2.24) is 10.2 Å². The summed E-state index contributed by atoms with van der Waals surface area (Å²) in [5.74, 6) is 0.850. The van der Waals surface area contributed by atoms with Crippen LogP contribution in [0.25, 0.3) is 0 Å². The predicted octanol–water partition coefficient (Wildman–Crippen LogP) is 0.962. The van der Waals surface area contributed by atoms with E-state index in [0.29, 0.717) is 23.9 Å². The van der Waals surface area contributed by atoms with Gasteiger partial charge in [0.25, 0.3) is 0 Å². The fraction of sp³-hybridized carbons (Fsp3) is 0.929. The number of nitrogens with two attached hydrogens (primary N) is 1. The van der Waals surface area contributed by atoms with Gasteiger partial charge in [-0.1, -0.05) is 13.8 Å². The monoisotopic (exact) mass is 253 g/mol. The van der Waals surface area contributed by atoms with Crippen molar-refractivity contribution < 1.29 is 4.79 Å². The lowest BCUT2D eigenvalue weighted by atomic mass is 9.92. The minimum atomic E-state index is 0.178. The molecular formula is C14H27N3O. The highest BCUT2D eigenvalue weighted by molar-refractivity contribution is 5.78. The van der Waals surface area contributed by atoms with Crippen LogP contribution in [0.5, 0.6) is 0 Å². The summed E-state index contributed by atoms with van der Waals surface area (Å²) >= 11 is 0. The first-order chi connectivity index (χ1) is 8.52. The molecule has 2 fully saturated rings. The summed E-state index contributed by atoms with van der Waals surface area (Å²) in [5, 5.41) is 3.11. The molecule has 1 amide bonds. The van der Waals surface area contributed by atoms with Crippen molar-refractivity contribution in [2.45, 2.75) is 45.6 Å². The Morgan fingerprint density at radius 3 is 2.50 bits per heavy atom. The normalized spacial score (nSPS) is 24.2. The summed E-state index contributed by atoms with van der Waals surface area (Å²) in [4.78, 5) is 14.1. The Kier molecular flexibility index (Phi) is 4.28. The third kappa shape index (κ3) is 3.45. The molecule has 1 saturated heterocycles. The van der Waals surface area contributed by atoms with E-state index in [-0.39, 0.29) is 5.91 Å². The molecule has 1 aliphatic carbocycles. The summed E-state index contributed by atoms with van der Waals surface area (Å²) in [5.41, 5.74) is 6.26. The quantitative estimate of drug-likeness (QED) is 0.767. The van der Waals surface area contributed by atoms with Crippen LogP contribution in [-0.4, -0.2) is 43.0 Å². The van der Waals surface area contributed by atoms with Crippen molar-refractivity contribution in [2.24, 2.45) is 17.1 Å². The Hall–Kier alpha value is -0.610. The van der Waals surface area contributed by atoms with Gasteiger partial charge in [-0.25, -0.2) is 0 Å². The molecular weight excluding hydrogens is 226 g/mol. The third-order valence-corrected chi connectivity index (χ3v) is 4.75. The number of likely N-dealkylation sites (tertiary alicyclic amines) is 1. The summed E-state index contributed by atoms with van der Waals surface area (Å²) in [7, 11) is 0. The number of hydrogen-bond donors (Lipinski definition) is 2. The molecule has 4 nitrogen and oxygen atoms in total. The van der Waals surface area contributed by atoms with Crippen molar-refractivity contribution in [3.05, 3.63) is 0 Å². The number of amides is 1. The van der Waals surface area contributed by atoms with Gasteiger partial charge in [-0.3, -0.25) is 9.69 Å². The van der Waals surface area contributed by atoms with Gasteiger partial charge in [-0.05, 0) is 37.0 Å². The average Bonchev–Trinajstić information content (AvgIpc) is 3.11. The molecule has 2 rings (SSSR count). The number of rotatable bonds is 5. The van der Waals surface area contributed by atoms with Gasteiger partial charge in [0, 0.05) is 25.7 Å². The summed E-state index contributed by atoms with van der Waals surface area (Å²) in [6, 6.07) is 0.333. The molecule has 2 aliphatic rings. The summed E-state index contributed by atoms with van der Waals surface area (Å²) in [6.07, 6.45) is 4.57.